The summed E-state index contributed by atoms with van der Waals surface area (Å²) < 4.78 is 37.4. The number of rotatable bonds is 2. The third kappa shape index (κ3) is 3.37. The van der Waals surface area contributed by atoms with Crippen molar-refractivity contribution in [1.29, 1.82) is 0 Å². The molecule has 1 saturated heterocycles. The Hall–Kier alpha value is -1.76. The van der Waals surface area contributed by atoms with Gasteiger partial charge in [0.25, 0.3) is 0 Å². The van der Waals surface area contributed by atoms with Crippen LogP contribution in [0.25, 0.3) is 0 Å². The molecular formula is C12H13F3N2O2. The van der Waals surface area contributed by atoms with E-state index in [1.165, 1.54) is 17.0 Å². The van der Waals surface area contributed by atoms with Crippen LogP contribution in [-0.2, 0) is 12.7 Å². The van der Waals surface area contributed by atoms with E-state index < -0.39 is 17.8 Å². The van der Waals surface area contributed by atoms with Crippen molar-refractivity contribution in [2.24, 2.45) is 0 Å². The molecule has 19 heavy (non-hydrogen) atoms. The van der Waals surface area contributed by atoms with Gasteiger partial charge in [-0.25, -0.2) is 4.79 Å². The van der Waals surface area contributed by atoms with Gasteiger partial charge >= 0.3 is 12.2 Å². The molecule has 0 unspecified atom stereocenters. The average Bonchev–Trinajstić information content (AvgIpc) is 2.31. The number of nitrogens with one attached hydrogen (secondary N) is 1. The van der Waals surface area contributed by atoms with Gasteiger partial charge in [0.15, 0.2) is 0 Å². The van der Waals surface area contributed by atoms with Crippen molar-refractivity contribution >= 4 is 6.03 Å². The molecule has 1 aliphatic heterocycles. The normalized spacial score (nSPS) is 16.1. The summed E-state index contributed by atoms with van der Waals surface area (Å²) in [6, 6.07) is 4.42. The highest BCUT2D eigenvalue weighted by Gasteiger charge is 2.31. The van der Waals surface area contributed by atoms with E-state index >= 15 is 0 Å². The number of halogens is 3. The maximum Gasteiger partial charge on any atom is 0.416 e. The van der Waals surface area contributed by atoms with Crippen LogP contribution in [0.2, 0.25) is 0 Å². The van der Waals surface area contributed by atoms with Crippen molar-refractivity contribution in [3.63, 3.8) is 0 Å². The second-order valence-corrected chi connectivity index (χ2v) is 4.42. The Labute approximate surface area is 107 Å². The SMILES string of the molecule is O=C(NCc1cccc(C(F)(F)F)c1)N1CC(O)C1. The molecule has 0 saturated carbocycles. The lowest BCUT2D eigenvalue weighted by Gasteiger charge is -2.35. The highest BCUT2D eigenvalue weighted by molar-refractivity contribution is 5.75. The zero-order valence-electron chi connectivity index (χ0n) is 9.94. The van der Waals surface area contributed by atoms with Crippen molar-refractivity contribution in [3.05, 3.63) is 35.4 Å². The van der Waals surface area contributed by atoms with E-state index in [0.29, 0.717) is 5.56 Å². The fourth-order valence-corrected chi connectivity index (χ4v) is 1.77. The highest BCUT2D eigenvalue weighted by Crippen LogP contribution is 2.29. The minimum Gasteiger partial charge on any atom is -0.389 e. The van der Waals surface area contributed by atoms with E-state index in [1.807, 2.05) is 0 Å². The molecule has 1 fully saturated rings. The van der Waals surface area contributed by atoms with Gasteiger partial charge in [0.2, 0.25) is 0 Å². The number of carbonyl (C=O) groups is 1. The van der Waals surface area contributed by atoms with Crippen LogP contribution in [0.15, 0.2) is 24.3 Å². The van der Waals surface area contributed by atoms with Gasteiger partial charge < -0.3 is 15.3 Å². The van der Waals surface area contributed by atoms with Crippen LogP contribution < -0.4 is 5.32 Å². The monoisotopic (exact) mass is 274 g/mol. The van der Waals surface area contributed by atoms with E-state index in [4.69, 9.17) is 5.11 Å². The van der Waals surface area contributed by atoms with Crippen molar-refractivity contribution in [3.8, 4) is 0 Å². The number of aliphatic hydroxyl groups is 1. The highest BCUT2D eigenvalue weighted by atomic mass is 19.4. The Morgan fingerprint density at radius 3 is 2.68 bits per heavy atom. The van der Waals surface area contributed by atoms with E-state index in [9.17, 15) is 18.0 Å². The van der Waals surface area contributed by atoms with Gasteiger partial charge in [0.1, 0.15) is 0 Å². The standard InChI is InChI=1S/C12H13F3N2O2/c13-12(14,15)9-3-1-2-8(4-9)5-16-11(19)17-6-10(18)7-17/h1-4,10,18H,5-7H2,(H,16,19). The summed E-state index contributed by atoms with van der Waals surface area (Å²) in [7, 11) is 0. The van der Waals surface area contributed by atoms with Gasteiger partial charge in [0.05, 0.1) is 24.8 Å². The molecule has 0 aliphatic carbocycles. The molecular weight excluding hydrogens is 261 g/mol. The van der Waals surface area contributed by atoms with Crippen molar-refractivity contribution < 1.29 is 23.1 Å². The van der Waals surface area contributed by atoms with Gasteiger partial charge in [-0.3, -0.25) is 0 Å². The van der Waals surface area contributed by atoms with Gasteiger partial charge in [-0.15, -0.1) is 0 Å². The van der Waals surface area contributed by atoms with Crippen LogP contribution in [0.4, 0.5) is 18.0 Å². The van der Waals surface area contributed by atoms with E-state index in [0.717, 1.165) is 12.1 Å². The van der Waals surface area contributed by atoms with Crippen molar-refractivity contribution in [2.45, 2.75) is 18.8 Å². The number of nitrogens with zero attached hydrogens (tertiary/aromatic N) is 1. The molecule has 0 radical (unpaired) electrons. The van der Waals surface area contributed by atoms with Gasteiger partial charge in [-0.1, -0.05) is 12.1 Å². The third-order valence-corrected chi connectivity index (χ3v) is 2.85. The van der Waals surface area contributed by atoms with Crippen LogP contribution in [0.1, 0.15) is 11.1 Å². The Morgan fingerprint density at radius 2 is 2.11 bits per heavy atom. The predicted molar refractivity (Wildman–Crippen MR) is 61.3 cm³/mol. The molecule has 1 aromatic rings. The van der Waals surface area contributed by atoms with Gasteiger partial charge in [0, 0.05) is 6.54 Å². The zero-order valence-corrected chi connectivity index (χ0v) is 9.94. The summed E-state index contributed by atoms with van der Waals surface area (Å²) in [5.41, 5.74) is -0.358. The van der Waals surface area contributed by atoms with E-state index in [2.05, 4.69) is 5.32 Å². The number of β-amino-alcohol motifs (C(OH)–C–C–N with tert-alkyl or cyclic N) is 1. The van der Waals surface area contributed by atoms with Crippen molar-refractivity contribution in [2.75, 3.05) is 13.1 Å². The molecule has 1 heterocycles. The summed E-state index contributed by atoms with van der Waals surface area (Å²) in [6.45, 7) is 0.540. The first kappa shape index (κ1) is 13.7. The Kier molecular flexibility index (Phi) is 3.66. The first-order chi connectivity index (χ1) is 8.86. The summed E-state index contributed by atoms with van der Waals surface area (Å²) in [5, 5.41) is 11.5. The smallest absolute Gasteiger partial charge is 0.389 e. The van der Waals surface area contributed by atoms with Gasteiger partial charge in [-0.05, 0) is 17.7 Å². The first-order valence-corrected chi connectivity index (χ1v) is 5.73. The van der Waals surface area contributed by atoms with E-state index in [-0.39, 0.29) is 25.7 Å². The Balaban J connectivity index is 1.91. The number of benzene rings is 1. The molecule has 0 atom stereocenters. The molecule has 104 valence electrons. The number of hydrogen-bond donors (Lipinski definition) is 2. The lowest BCUT2D eigenvalue weighted by molar-refractivity contribution is -0.137. The molecule has 0 spiro atoms. The number of hydrogen-bond acceptors (Lipinski definition) is 2. The minimum atomic E-state index is -4.39. The van der Waals surface area contributed by atoms with Crippen LogP contribution in [0.5, 0.6) is 0 Å². The molecule has 0 bridgehead atoms. The predicted octanol–water partition coefficient (Wildman–Crippen LogP) is 1.59. The molecule has 0 aromatic heterocycles. The number of urea groups is 1. The Bertz CT molecular complexity index is 470. The van der Waals surface area contributed by atoms with E-state index in [1.54, 1.807) is 0 Å². The largest absolute Gasteiger partial charge is 0.416 e. The van der Waals surface area contributed by atoms with Crippen LogP contribution in [0, 0.1) is 0 Å². The van der Waals surface area contributed by atoms with Gasteiger partial charge in [-0.2, -0.15) is 13.2 Å². The molecule has 2 N–H and O–H groups in total. The van der Waals surface area contributed by atoms with Crippen LogP contribution in [0.3, 0.4) is 0 Å². The lowest BCUT2D eigenvalue weighted by atomic mass is 10.1. The minimum absolute atomic E-state index is 0.0232. The summed E-state index contributed by atoms with van der Waals surface area (Å²) >= 11 is 0. The molecule has 1 aliphatic rings. The summed E-state index contributed by atoms with van der Waals surface area (Å²) in [5.74, 6) is 0. The number of carbonyl (C=O) groups excluding carboxylic acids is 1. The Morgan fingerprint density at radius 1 is 1.42 bits per heavy atom. The average molecular weight is 274 g/mol. The van der Waals surface area contributed by atoms with Crippen LogP contribution >= 0.6 is 0 Å². The van der Waals surface area contributed by atoms with Crippen molar-refractivity contribution in [1.82, 2.24) is 10.2 Å². The van der Waals surface area contributed by atoms with Crippen LogP contribution in [-0.4, -0.2) is 35.2 Å². The fraction of sp³-hybridized carbons (Fsp3) is 0.417. The third-order valence-electron chi connectivity index (χ3n) is 2.85. The number of amides is 2. The molecule has 1 aromatic carbocycles. The summed E-state index contributed by atoms with van der Waals surface area (Å²) in [6.07, 6.45) is -4.89. The second-order valence-electron chi connectivity index (χ2n) is 4.42. The fourth-order valence-electron chi connectivity index (χ4n) is 1.77. The number of aliphatic hydroxyl groups excluding tert-OH is 1. The number of likely N-dealkylation sites (tertiary alicyclic amines) is 1. The second kappa shape index (κ2) is 5.08. The molecule has 2 amide bonds. The lowest BCUT2D eigenvalue weighted by Crippen LogP contribution is -2.56. The quantitative estimate of drug-likeness (QED) is 0.860. The topological polar surface area (TPSA) is 52.6 Å². The number of alkyl halides is 3. The maximum atomic E-state index is 12.5. The summed E-state index contributed by atoms with van der Waals surface area (Å²) in [4.78, 5) is 12.9. The molecule has 4 nitrogen and oxygen atoms in total. The first-order valence-electron chi connectivity index (χ1n) is 5.73. The molecule has 2 rings (SSSR count). The maximum absolute atomic E-state index is 12.5. The molecule has 7 heteroatoms. The zero-order chi connectivity index (χ0) is 14.0.